The molecule has 0 radical (unpaired) electrons. The second-order valence-electron chi connectivity index (χ2n) is 5.35. The van der Waals surface area contributed by atoms with Gasteiger partial charge in [-0.3, -0.25) is 9.36 Å². The van der Waals surface area contributed by atoms with Gasteiger partial charge in [0.15, 0.2) is 0 Å². The molecule has 2 rings (SSSR count). The van der Waals surface area contributed by atoms with Crippen molar-refractivity contribution in [2.24, 2.45) is 0 Å². The van der Waals surface area contributed by atoms with Crippen LogP contribution in [0.5, 0.6) is 0 Å². The second-order valence-corrected chi connectivity index (χ2v) is 5.35. The van der Waals surface area contributed by atoms with E-state index < -0.39 is 0 Å². The molecule has 0 atom stereocenters. The van der Waals surface area contributed by atoms with Gasteiger partial charge in [0.1, 0.15) is 0 Å². The molecule has 1 N–H and O–H groups in total. The van der Waals surface area contributed by atoms with E-state index in [9.17, 15) is 0 Å². The minimum Gasteiger partial charge on any atom is -0.306 e. The predicted molar refractivity (Wildman–Crippen MR) is 68.8 cm³/mol. The lowest BCUT2D eigenvalue weighted by Crippen LogP contribution is -2.35. The minimum atomic E-state index is 0.0961. The Hall–Kier alpha value is -1.69. The number of aromatic nitrogens is 5. The van der Waals surface area contributed by atoms with Crippen molar-refractivity contribution in [1.82, 2.24) is 30.1 Å². The molecule has 18 heavy (non-hydrogen) atoms. The zero-order valence-electron chi connectivity index (χ0n) is 11.2. The summed E-state index contributed by atoms with van der Waals surface area (Å²) >= 11 is 0. The summed E-state index contributed by atoms with van der Waals surface area (Å²) in [7, 11) is 0. The molecule has 0 saturated carbocycles. The van der Waals surface area contributed by atoms with Crippen molar-refractivity contribution in [3.63, 3.8) is 0 Å². The van der Waals surface area contributed by atoms with Crippen molar-refractivity contribution < 1.29 is 0 Å². The fraction of sp³-hybridized carbons (Fsp3) is 0.583. The summed E-state index contributed by atoms with van der Waals surface area (Å²) < 4.78 is 3.73. The second kappa shape index (κ2) is 5.30. The van der Waals surface area contributed by atoms with Gasteiger partial charge >= 0.3 is 0 Å². The van der Waals surface area contributed by atoms with E-state index in [0.29, 0.717) is 0 Å². The van der Waals surface area contributed by atoms with Crippen LogP contribution in [0.2, 0.25) is 0 Å². The Bertz CT molecular complexity index is 465. The van der Waals surface area contributed by atoms with Crippen molar-refractivity contribution in [2.45, 2.75) is 45.9 Å². The predicted octanol–water partition coefficient (Wildman–Crippen LogP) is 1.06. The average Bonchev–Trinajstić information content (AvgIpc) is 2.94. The van der Waals surface area contributed by atoms with Crippen molar-refractivity contribution in [2.75, 3.05) is 0 Å². The first-order chi connectivity index (χ1) is 8.53. The summed E-state index contributed by atoms with van der Waals surface area (Å²) in [5.41, 5.74) is 1.06. The molecule has 0 aliphatic heterocycles. The molecular formula is C12H20N6. The van der Waals surface area contributed by atoms with Gasteiger partial charge in [-0.2, -0.15) is 5.10 Å². The topological polar surface area (TPSA) is 60.6 Å². The summed E-state index contributed by atoms with van der Waals surface area (Å²) in [6.45, 7) is 8.73. The molecule has 2 aromatic heterocycles. The van der Waals surface area contributed by atoms with Crippen molar-refractivity contribution in [3.8, 4) is 0 Å². The molecule has 2 heterocycles. The third-order valence-electron chi connectivity index (χ3n) is 2.50. The van der Waals surface area contributed by atoms with Crippen LogP contribution < -0.4 is 5.32 Å². The molecule has 0 unspecified atom stereocenters. The maximum atomic E-state index is 4.15. The van der Waals surface area contributed by atoms with Gasteiger partial charge in [-0.1, -0.05) is 5.21 Å². The van der Waals surface area contributed by atoms with E-state index in [2.05, 4.69) is 41.5 Å². The van der Waals surface area contributed by atoms with Gasteiger partial charge in [-0.25, -0.2) is 0 Å². The lowest BCUT2D eigenvalue weighted by atomic mass is 10.1. The number of hydrogen-bond acceptors (Lipinski definition) is 4. The molecule has 0 aliphatic carbocycles. The van der Waals surface area contributed by atoms with Crippen LogP contribution in [-0.4, -0.2) is 30.3 Å². The molecule has 0 saturated heterocycles. The number of nitrogens with zero attached hydrogens (tertiary/aromatic N) is 5. The fourth-order valence-corrected chi connectivity index (χ4v) is 1.52. The highest BCUT2D eigenvalue weighted by Gasteiger charge is 2.09. The van der Waals surface area contributed by atoms with Gasteiger partial charge in [0.25, 0.3) is 0 Å². The Morgan fingerprint density at radius 3 is 2.67 bits per heavy atom. The lowest BCUT2D eigenvalue weighted by Gasteiger charge is -2.19. The van der Waals surface area contributed by atoms with Crippen molar-refractivity contribution in [1.29, 1.82) is 0 Å². The molecule has 6 heteroatoms. The molecule has 0 amide bonds. The molecule has 0 aliphatic rings. The van der Waals surface area contributed by atoms with Gasteiger partial charge in [0.2, 0.25) is 0 Å². The number of hydrogen-bond donors (Lipinski definition) is 1. The molecule has 0 spiro atoms. The number of rotatable bonds is 5. The summed E-state index contributed by atoms with van der Waals surface area (Å²) in [6, 6.07) is 1.92. The van der Waals surface area contributed by atoms with Crippen LogP contribution in [0, 0.1) is 0 Å². The van der Waals surface area contributed by atoms with E-state index in [0.717, 1.165) is 25.3 Å². The standard InChI is InChI=1S/C12H20N6/c1-12(2,3)13-9-11-10-18(16-15-11)8-7-17-6-4-5-14-17/h4-6,10,13H,7-9H2,1-3H3. The van der Waals surface area contributed by atoms with Gasteiger partial charge in [0, 0.05) is 30.7 Å². The maximum absolute atomic E-state index is 4.15. The highest BCUT2D eigenvalue weighted by molar-refractivity contribution is 4.93. The van der Waals surface area contributed by atoms with Gasteiger partial charge in [-0.05, 0) is 26.8 Å². The maximum Gasteiger partial charge on any atom is 0.0965 e. The monoisotopic (exact) mass is 248 g/mol. The third kappa shape index (κ3) is 3.96. The van der Waals surface area contributed by atoms with E-state index >= 15 is 0 Å². The quantitative estimate of drug-likeness (QED) is 0.859. The highest BCUT2D eigenvalue weighted by atomic mass is 15.4. The lowest BCUT2D eigenvalue weighted by molar-refractivity contribution is 0.421. The Labute approximate surface area is 107 Å². The normalized spacial score (nSPS) is 11.9. The van der Waals surface area contributed by atoms with E-state index in [1.807, 2.05) is 27.8 Å². The van der Waals surface area contributed by atoms with Crippen LogP contribution in [0.3, 0.4) is 0 Å². The van der Waals surface area contributed by atoms with Crippen LogP contribution in [0.4, 0.5) is 0 Å². The molecule has 0 fully saturated rings. The van der Waals surface area contributed by atoms with Crippen LogP contribution in [0.1, 0.15) is 26.5 Å². The average molecular weight is 248 g/mol. The summed E-state index contributed by atoms with van der Waals surface area (Å²) in [6.07, 6.45) is 5.70. The van der Waals surface area contributed by atoms with E-state index in [1.54, 1.807) is 6.20 Å². The summed E-state index contributed by atoms with van der Waals surface area (Å²) in [5, 5.41) is 15.8. The third-order valence-corrected chi connectivity index (χ3v) is 2.50. The highest BCUT2D eigenvalue weighted by Crippen LogP contribution is 2.01. The largest absolute Gasteiger partial charge is 0.306 e. The smallest absolute Gasteiger partial charge is 0.0965 e. The van der Waals surface area contributed by atoms with E-state index in [4.69, 9.17) is 0 Å². The van der Waals surface area contributed by atoms with E-state index in [-0.39, 0.29) is 5.54 Å². The SMILES string of the molecule is CC(C)(C)NCc1cn(CCn2cccn2)nn1. The van der Waals surface area contributed by atoms with Crippen LogP contribution in [-0.2, 0) is 19.6 Å². The van der Waals surface area contributed by atoms with Crippen molar-refractivity contribution in [3.05, 3.63) is 30.4 Å². The van der Waals surface area contributed by atoms with Crippen molar-refractivity contribution >= 4 is 0 Å². The summed E-state index contributed by atoms with van der Waals surface area (Å²) in [5.74, 6) is 0. The molecule has 0 aromatic carbocycles. The zero-order chi connectivity index (χ0) is 13.0. The van der Waals surface area contributed by atoms with Crippen LogP contribution >= 0.6 is 0 Å². The molecule has 0 bridgehead atoms. The minimum absolute atomic E-state index is 0.0961. The molecule has 2 aromatic rings. The molecule has 6 nitrogen and oxygen atoms in total. The Morgan fingerprint density at radius 1 is 1.22 bits per heavy atom. The first-order valence-electron chi connectivity index (χ1n) is 6.14. The fourth-order valence-electron chi connectivity index (χ4n) is 1.52. The van der Waals surface area contributed by atoms with Gasteiger partial charge in [-0.15, -0.1) is 5.10 Å². The first kappa shape index (κ1) is 12.8. The number of nitrogens with one attached hydrogen (secondary N) is 1. The van der Waals surface area contributed by atoms with Gasteiger partial charge < -0.3 is 5.32 Å². The van der Waals surface area contributed by atoms with Gasteiger partial charge in [0.05, 0.1) is 18.8 Å². The van der Waals surface area contributed by atoms with Crippen LogP contribution in [0.25, 0.3) is 0 Å². The Morgan fingerprint density at radius 2 is 2.00 bits per heavy atom. The van der Waals surface area contributed by atoms with Crippen LogP contribution in [0.15, 0.2) is 24.7 Å². The molecular weight excluding hydrogens is 228 g/mol. The summed E-state index contributed by atoms with van der Waals surface area (Å²) in [4.78, 5) is 0. The Balaban J connectivity index is 1.82. The molecule has 98 valence electrons. The first-order valence-corrected chi connectivity index (χ1v) is 6.14. The zero-order valence-corrected chi connectivity index (χ0v) is 11.2. The van der Waals surface area contributed by atoms with E-state index in [1.165, 1.54) is 0 Å². The number of aryl methyl sites for hydroxylation is 2. The Kier molecular flexibility index (Phi) is 3.76.